The number of hydrogen-bond donors (Lipinski definition) is 0. The highest BCUT2D eigenvalue weighted by Gasteiger charge is 2.29. The zero-order valence-electron chi connectivity index (χ0n) is 24.6. The van der Waals surface area contributed by atoms with E-state index in [0.717, 1.165) is 12.8 Å². The number of rotatable bonds is 2. The fourth-order valence-electron chi connectivity index (χ4n) is 3.46. The number of benzene rings is 1. The molecule has 0 bridgehead atoms. The molecule has 0 radical (unpaired) electrons. The van der Waals surface area contributed by atoms with Gasteiger partial charge in [-0.3, -0.25) is 0 Å². The number of carbonyl (C=O) groups excluding carboxylic acids is 2. The third kappa shape index (κ3) is 29.2. The number of ether oxygens (including phenoxy) is 2. The third-order valence-electron chi connectivity index (χ3n) is 4.88. The van der Waals surface area contributed by atoms with Gasteiger partial charge < -0.3 is 66.2 Å². The summed E-state index contributed by atoms with van der Waals surface area (Å²) >= 11 is 0. The Labute approximate surface area is 243 Å². The van der Waals surface area contributed by atoms with Gasteiger partial charge in [0.2, 0.25) is 0 Å². The summed E-state index contributed by atoms with van der Waals surface area (Å²) in [5, 5.41) is 0. The Morgan fingerprint density at radius 3 is 1.37 bits per heavy atom. The van der Waals surface area contributed by atoms with Crippen LogP contribution in [0.15, 0.2) is 24.3 Å². The van der Waals surface area contributed by atoms with Gasteiger partial charge in [0.1, 0.15) is 11.2 Å². The van der Waals surface area contributed by atoms with E-state index in [4.69, 9.17) is 9.47 Å². The molecule has 2 atom stereocenters. The molecule has 1 aliphatic rings. The first-order chi connectivity index (χ1) is 18.9. The lowest BCUT2D eigenvalue weighted by Gasteiger charge is -2.26. The molecule has 1 aromatic carbocycles. The summed E-state index contributed by atoms with van der Waals surface area (Å²) in [5.74, 6) is 0.490. The summed E-state index contributed by atoms with van der Waals surface area (Å²) in [5.41, 5.74) is 0.781. The molecular weight excluding hydrogens is 615 g/mol. The minimum absolute atomic E-state index is 0.236. The summed E-state index contributed by atoms with van der Waals surface area (Å²) in [6.45, 7) is 14.9. The van der Waals surface area contributed by atoms with Gasteiger partial charge in [-0.2, -0.15) is 0 Å². The van der Waals surface area contributed by atoms with E-state index in [1.807, 2.05) is 70.7 Å². The predicted octanol–water partition coefficient (Wildman–Crippen LogP) is 9.29. The monoisotopic (exact) mass is 650 g/mol. The SMILES string of the molecule is C[C@@H]1CCN(C(=O)OC(C)(C)C)CC[C@H]1c1ccc(C(=O)OC(C)(C)C)cc1.F[B-](F)(F)F.F[B-](F)(F)F.F[B-](F)(F)F. The summed E-state index contributed by atoms with van der Waals surface area (Å²) < 4.78 is 128. The zero-order valence-corrected chi connectivity index (χ0v) is 24.6. The van der Waals surface area contributed by atoms with Crippen molar-refractivity contribution in [2.45, 2.75) is 78.4 Å². The Bertz CT molecular complexity index is 930. The van der Waals surface area contributed by atoms with Crippen LogP contribution in [-0.4, -0.2) is 63.0 Å². The topological polar surface area (TPSA) is 55.8 Å². The first-order valence-corrected chi connectivity index (χ1v) is 12.8. The molecule has 0 aromatic heterocycles. The van der Waals surface area contributed by atoms with Crippen LogP contribution in [0, 0.1) is 5.92 Å². The van der Waals surface area contributed by atoms with Crippen LogP contribution >= 0.6 is 0 Å². The fourth-order valence-corrected chi connectivity index (χ4v) is 3.46. The van der Waals surface area contributed by atoms with Crippen molar-refractivity contribution in [2.75, 3.05) is 13.1 Å². The van der Waals surface area contributed by atoms with Gasteiger partial charge >= 0.3 is 33.8 Å². The molecule has 1 amide bonds. The quantitative estimate of drug-likeness (QED) is 0.182. The average molecular weight is 650 g/mol. The van der Waals surface area contributed by atoms with Crippen molar-refractivity contribution < 1.29 is 70.9 Å². The highest BCUT2D eigenvalue weighted by molar-refractivity contribution is 6.50. The van der Waals surface area contributed by atoms with Crippen molar-refractivity contribution in [3.63, 3.8) is 0 Å². The van der Waals surface area contributed by atoms with Gasteiger partial charge in [-0.25, -0.2) is 9.59 Å². The van der Waals surface area contributed by atoms with E-state index in [0.29, 0.717) is 30.5 Å². The van der Waals surface area contributed by atoms with Gasteiger partial charge in [-0.15, -0.1) is 0 Å². The van der Waals surface area contributed by atoms with Crippen LogP contribution in [0.1, 0.15) is 83.1 Å². The van der Waals surface area contributed by atoms with E-state index in [-0.39, 0.29) is 12.1 Å². The maximum absolute atomic E-state index is 12.4. The maximum atomic E-state index is 12.4. The standard InChI is InChI=1S/C23H35NO4.3BF4/c1-16-12-14-24(21(26)28-23(5,6)7)15-13-19(16)17-8-10-18(11-9-17)20(25)27-22(2,3)4;3*2-1(3,4)5/h8-11,16,19H,12-15H2,1-7H3;;;/q;3*-1/t16-,19-;;;/m1.../s1. The molecule has 0 unspecified atom stereocenters. The van der Waals surface area contributed by atoms with Crippen LogP contribution in [0.5, 0.6) is 0 Å². The summed E-state index contributed by atoms with van der Waals surface area (Å²) in [6, 6.07) is 7.71. The predicted molar refractivity (Wildman–Crippen MR) is 141 cm³/mol. The molecule has 1 heterocycles. The molecule has 2 rings (SSSR count). The van der Waals surface area contributed by atoms with Crippen molar-refractivity contribution in [1.29, 1.82) is 0 Å². The first-order valence-electron chi connectivity index (χ1n) is 12.8. The number of amides is 1. The molecule has 0 spiro atoms. The lowest BCUT2D eigenvalue weighted by molar-refractivity contribution is 0.00685. The highest BCUT2D eigenvalue weighted by Crippen LogP contribution is 2.33. The molecule has 43 heavy (non-hydrogen) atoms. The van der Waals surface area contributed by atoms with Crippen LogP contribution in [-0.2, 0) is 9.47 Å². The van der Waals surface area contributed by atoms with Crippen LogP contribution in [0.4, 0.5) is 56.6 Å². The molecule has 5 nitrogen and oxygen atoms in total. The van der Waals surface area contributed by atoms with E-state index in [2.05, 4.69) is 6.92 Å². The Kier molecular flexibility index (Phi) is 16.8. The minimum Gasteiger partial charge on any atom is -0.456 e. The van der Waals surface area contributed by atoms with Crippen molar-refractivity contribution in [3.05, 3.63) is 35.4 Å². The largest absolute Gasteiger partial charge is 0.673 e. The maximum Gasteiger partial charge on any atom is 0.673 e. The van der Waals surface area contributed by atoms with Crippen molar-refractivity contribution in [2.24, 2.45) is 5.92 Å². The molecule has 1 aliphatic heterocycles. The van der Waals surface area contributed by atoms with Crippen LogP contribution < -0.4 is 0 Å². The summed E-state index contributed by atoms with van der Waals surface area (Å²) in [6.07, 6.45) is 1.57. The fraction of sp³-hybridized carbons (Fsp3) is 0.652. The molecule has 20 heteroatoms. The highest BCUT2D eigenvalue weighted by atomic mass is 19.5. The van der Waals surface area contributed by atoms with Crippen molar-refractivity contribution >= 4 is 33.8 Å². The van der Waals surface area contributed by atoms with E-state index < -0.39 is 33.0 Å². The number of esters is 1. The zero-order chi connectivity index (χ0) is 34.6. The Balaban J connectivity index is 0. The average Bonchev–Trinajstić information content (AvgIpc) is 2.89. The Morgan fingerprint density at radius 2 is 1.02 bits per heavy atom. The molecule has 0 saturated carbocycles. The molecule has 0 N–H and O–H groups in total. The van der Waals surface area contributed by atoms with E-state index in [1.165, 1.54) is 5.56 Å². The first kappa shape index (κ1) is 42.4. The number of halogens is 12. The molecule has 1 fully saturated rings. The second-order valence-corrected chi connectivity index (χ2v) is 11.2. The van der Waals surface area contributed by atoms with Gasteiger partial charge in [0.05, 0.1) is 5.56 Å². The molecular formula is C23H35B3F12NO4-3. The summed E-state index contributed by atoms with van der Waals surface area (Å²) in [7, 11) is -18.0. The second-order valence-electron chi connectivity index (χ2n) is 11.2. The Morgan fingerprint density at radius 1 is 0.674 bits per heavy atom. The van der Waals surface area contributed by atoms with Crippen LogP contribution in [0.25, 0.3) is 0 Å². The molecule has 252 valence electrons. The van der Waals surface area contributed by atoms with Crippen molar-refractivity contribution in [3.8, 4) is 0 Å². The van der Waals surface area contributed by atoms with Crippen LogP contribution in [0.2, 0.25) is 0 Å². The van der Waals surface area contributed by atoms with Gasteiger partial charge in [-0.1, -0.05) is 19.1 Å². The lowest BCUT2D eigenvalue weighted by Crippen LogP contribution is -2.37. The Hall–Kier alpha value is -2.69. The van der Waals surface area contributed by atoms with Gasteiger partial charge in [0.25, 0.3) is 0 Å². The normalized spacial score (nSPS) is 17.9. The molecule has 1 aromatic rings. The lowest BCUT2D eigenvalue weighted by atomic mass is 9.83. The van der Waals surface area contributed by atoms with E-state index in [1.54, 1.807) is 0 Å². The molecule has 0 aliphatic carbocycles. The van der Waals surface area contributed by atoms with E-state index in [9.17, 15) is 61.4 Å². The molecule has 1 saturated heterocycles. The second kappa shape index (κ2) is 17.0. The van der Waals surface area contributed by atoms with Crippen LogP contribution in [0.3, 0.4) is 0 Å². The van der Waals surface area contributed by atoms with Gasteiger partial charge in [-0.05, 0) is 83.9 Å². The van der Waals surface area contributed by atoms with E-state index >= 15 is 0 Å². The number of carbonyl (C=O) groups is 2. The minimum atomic E-state index is -6.00. The number of hydrogen-bond acceptors (Lipinski definition) is 4. The van der Waals surface area contributed by atoms with Gasteiger partial charge in [0.15, 0.2) is 0 Å². The van der Waals surface area contributed by atoms with Crippen molar-refractivity contribution in [1.82, 2.24) is 4.90 Å². The van der Waals surface area contributed by atoms with Gasteiger partial charge in [0, 0.05) is 13.1 Å². The summed E-state index contributed by atoms with van der Waals surface area (Å²) in [4.78, 5) is 26.4. The number of likely N-dealkylation sites (tertiary alicyclic amines) is 1. The number of nitrogens with zero attached hydrogens (tertiary/aromatic N) is 1. The smallest absolute Gasteiger partial charge is 0.456 e. The third-order valence-corrected chi connectivity index (χ3v) is 4.88.